The van der Waals surface area contributed by atoms with E-state index in [1.54, 1.807) is 6.07 Å². The average Bonchev–Trinajstić information content (AvgIpc) is 2.26. The van der Waals surface area contributed by atoms with E-state index in [9.17, 15) is 9.18 Å². The van der Waals surface area contributed by atoms with E-state index in [0.717, 1.165) is 0 Å². The van der Waals surface area contributed by atoms with E-state index in [-0.39, 0.29) is 17.3 Å². The van der Waals surface area contributed by atoms with Crippen molar-refractivity contribution in [1.29, 1.82) is 0 Å². The Morgan fingerprint density at radius 1 is 1.37 bits per heavy atom. The van der Waals surface area contributed by atoms with Crippen molar-refractivity contribution in [3.05, 3.63) is 34.6 Å². The van der Waals surface area contributed by atoms with Crippen LogP contribution in [0.15, 0.2) is 18.2 Å². The van der Waals surface area contributed by atoms with E-state index in [0.29, 0.717) is 30.1 Å². The van der Waals surface area contributed by atoms with Crippen molar-refractivity contribution in [3.63, 3.8) is 0 Å². The quantitative estimate of drug-likeness (QED) is 0.817. The number of hydrogen-bond acceptors (Lipinski definition) is 2. The molecular formula is C14H20ClFN2O. The Morgan fingerprint density at radius 3 is 2.68 bits per heavy atom. The van der Waals surface area contributed by atoms with Gasteiger partial charge in [-0.2, -0.15) is 0 Å². The third-order valence-corrected chi connectivity index (χ3v) is 2.60. The molecule has 0 aromatic heterocycles. The van der Waals surface area contributed by atoms with Crippen molar-refractivity contribution in [2.24, 2.45) is 0 Å². The van der Waals surface area contributed by atoms with Gasteiger partial charge in [0, 0.05) is 35.6 Å². The molecule has 0 atom stereocenters. The number of hydrogen-bond donors (Lipinski definition) is 2. The number of halogens is 2. The highest BCUT2D eigenvalue weighted by Crippen LogP contribution is 2.14. The van der Waals surface area contributed by atoms with Gasteiger partial charge >= 0.3 is 0 Å². The van der Waals surface area contributed by atoms with Crippen molar-refractivity contribution in [2.75, 3.05) is 6.54 Å². The highest BCUT2D eigenvalue weighted by molar-refractivity contribution is 6.30. The van der Waals surface area contributed by atoms with Crippen LogP contribution >= 0.6 is 11.6 Å². The van der Waals surface area contributed by atoms with Gasteiger partial charge in [-0.05, 0) is 39.0 Å². The zero-order valence-corrected chi connectivity index (χ0v) is 12.3. The predicted octanol–water partition coefficient (Wildman–Crippen LogP) is 2.87. The lowest BCUT2D eigenvalue weighted by Gasteiger charge is -2.20. The second kappa shape index (κ2) is 6.87. The summed E-state index contributed by atoms with van der Waals surface area (Å²) in [4.78, 5) is 11.5. The maximum atomic E-state index is 13.4. The molecule has 0 fully saturated rings. The normalized spacial score (nSPS) is 11.4. The zero-order valence-electron chi connectivity index (χ0n) is 11.5. The topological polar surface area (TPSA) is 41.1 Å². The van der Waals surface area contributed by atoms with Crippen LogP contribution in [0.2, 0.25) is 5.02 Å². The molecule has 19 heavy (non-hydrogen) atoms. The lowest BCUT2D eigenvalue weighted by atomic mass is 10.1. The molecule has 0 radical (unpaired) electrons. The van der Waals surface area contributed by atoms with Gasteiger partial charge < -0.3 is 10.6 Å². The van der Waals surface area contributed by atoms with Crippen LogP contribution < -0.4 is 10.6 Å². The summed E-state index contributed by atoms with van der Waals surface area (Å²) in [5.74, 6) is -0.317. The summed E-state index contributed by atoms with van der Waals surface area (Å²) in [5.41, 5.74) is 0.277. The molecule has 1 aromatic rings. The maximum Gasteiger partial charge on any atom is 0.221 e. The van der Waals surface area contributed by atoms with E-state index in [1.807, 2.05) is 20.8 Å². The first-order chi connectivity index (χ1) is 8.78. The fraction of sp³-hybridized carbons (Fsp3) is 0.500. The van der Waals surface area contributed by atoms with Gasteiger partial charge in [-0.15, -0.1) is 0 Å². The van der Waals surface area contributed by atoms with Crippen LogP contribution in [-0.4, -0.2) is 18.0 Å². The lowest BCUT2D eigenvalue weighted by molar-refractivity contribution is -0.122. The molecule has 1 rings (SSSR count). The number of carbonyl (C=O) groups is 1. The fourth-order valence-corrected chi connectivity index (χ4v) is 1.78. The maximum absolute atomic E-state index is 13.4. The highest BCUT2D eigenvalue weighted by Gasteiger charge is 2.12. The molecule has 1 amide bonds. The Kier molecular flexibility index (Phi) is 5.76. The largest absolute Gasteiger partial charge is 0.351 e. The Morgan fingerprint density at radius 2 is 2.05 bits per heavy atom. The first-order valence-corrected chi connectivity index (χ1v) is 6.61. The summed E-state index contributed by atoms with van der Waals surface area (Å²) in [7, 11) is 0. The standard InChI is InChI=1S/C14H20ClFN2O/c1-14(2,3)18-13(19)6-7-17-9-10-8-11(15)4-5-12(10)16/h4-5,8,17H,6-7,9H2,1-3H3,(H,18,19). The Balaban J connectivity index is 2.31. The molecule has 0 aliphatic rings. The zero-order chi connectivity index (χ0) is 14.5. The van der Waals surface area contributed by atoms with Gasteiger partial charge in [0.2, 0.25) is 5.91 Å². The Bertz CT molecular complexity index is 444. The van der Waals surface area contributed by atoms with Gasteiger partial charge in [-0.25, -0.2) is 4.39 Å². The van der Waals surface area contributed by atoms with Crippen LogP contribution in [0.4, 0.5) is 4.39 Å². The van der Waals surface area contributed by atoms with Crippen molar-refractivity contribution >= 4 is 17.5 Å². The van der Waals surface area contributed by atoms with Crippen molar-refractivity contribution in [3.8, 4) is 0 Å². The molecule has 106 valence electrons. The van der Waals surface area contributed by atoms with Gasteiger partial charge in [0.25, 0.3) is 0 Å². The number of rotatable bonds is 5. The minimum atomic E-state index is -0.295. The van der Waals surface area contributed by atoms with Crippen molar-refractivity contribution < 1.29 is 9.18 Å². The van der Waals surface area contributed by atoms with E-state index in [2.05, 4.69) is 10.6 Å². The lowest BCUT2D eigenvalue weighted by Crippen LogP contribution is -2.41. The van der Waals surface area contributed by atoms with Crippen LogP contribution in [0.3, 0.4) is 0 Å². The first-order valence-electron chi connectivity index (χ1n) is 6.23. The molecule has 0 heterocycles. The number of nitrogens with one attached hydrogen (secondary N) is 2. The fourth-order valence-electron chi connectivity index (χ4n) is 1.58. The SMILES string of the molecule is CC(C)(C)NC(=O)CCNCc1cc(Cl)ccc1F. The van der Waals surface area contributed by atoms with Crippen LogP contribution in [0, 0.1) is 5.82 Å². The Labute approximate surface area is 118 Å². The smallest absolute Gasteiger partial charge is 0.221 e. The molecule has 0 saturated heterocycles. The van der Waals surface area contributed by atoms with Gasteiger partial charge in [-0.1, -0.05) is 11.6 Å². The molecule has 1 aromatic carbocycles. The van der Waals surface area contributed by atoms with E-state index >= 15 is 0 Å². The van der Waals surface area contributed by atoms with Crippen molar-refractivity contribution in [2.45, 2.75) is 39.3 Å². The first kappa shape index (κ1) is 15.9. The second-order valence-electron chi connectivity index (χ2n) is 5.46. The number of benzene rings is 1. The van der Waals surface area contributed by atoms with Gasteiger partial charge in [0.1, 0.15) is 5.82 Å². The van der Waals surface area contributed by atoms with E-state index in [1.165, 1.54) is 12.1 Å². The second-order valence-corrected chi connectivity index (χ2v) is 5.90. The third-order valence-electron chi connectivity index (χ3n) is 2.37. The molecule has 0 spiro atoms. The minimum absolute atomic E-state index is 0.0217. The predicted molar refractivity (Wildman–Crippen MR) is 75.6 cm³/mol. The van der Waals surface area contributed by atoms with Crippen LogP contribution in [0.25, 0.3) is 0 Å². The van der Waals surface area contributed by atoms with E-state index < -0.39 is 0 Å². The summed E-state index contributed by atoms with van der Waals surface area (Å²) < 4.78 is 13.4. The molecule has 5 heteroatoms. The van der Waals surface area contributed by atoms with Gasteiger partial charge in [0.05, 0.1) is 0 Å². The van der Waals surface area contributed by atoms with Gasteiger partial charge in [0.15, 0.2) is 0 Å². The van der Waals surface area contributed by atoms with Crippen molar-refractivity contribution in [1.82, 2.24) is 10.6 Å². The number of carbonyl (C=O) groups excluding carboxylic acids is 1. The Hall–Kier alpha value is -1.13. The molecule has 2 N–H and O–H groups in total. The molecule has 0 saturated carbocycles. The van der Waals surface area contributed by atoms with Crippen LogP contribution in [0.1, 0.15) is 32.8 Å². The molecule has 3 nitrogen and oxygen atoms in total. The summed E-state index contributed by atoms with van der Waals surface area (Å²) >= 11 is 5.79. The molecular weight excluding hydrogens is 267 g/mol. The molecule has 0 aliphatic carbocycles. The molecule has 0 unspecified atom stereocenters. The summed E-state index contributed by atoms with van der Waals surface area (Å²) in [6.45, 7) is 6.64. The summed E-state index contributed by atoms with van der Waals surface area (Å²) in [5, 5.41) is 6.39. The minimum Gasteiger partial charge on any atom is -0.351 e. The number of amides is 1. The van der Waals surface area contributed by atoms with Gasteiger partial charge in [-0.3, -0.25) is 4.79 Å². The highest BCUT2D eigenvalue weighted by atomic mass is 35.5. The summed E-state index contributed by atoms with van der Waals surface area (Å²) in [6, 6.07) is 4.43. The monoisotopic (exact) mass is 286 g/mol. The van der Waals surface area contributed by atoms with Crippen LogP contribution in [0.5, 0.6) is 0 Å². The summed E-state index contributed by atoms with van der Waals surface area (Å²) in [6.07, 6.45) is 0.361. The third kappa shape index (κ3) is 6.55. The average molecular weight is 287 g/mol. The van der Waals surface area contributed by atoms with Crippen LogP contribution in [-0.2, 0) is 11.3 Å². The molecule has 0 bridgehead atoms. The molecule has 0 aliphatic heterocycles. The van der Waals surface area contributed by atoms with E-state index in [4.69, 9.17) is 11.6 Å².